The van der Waals surface area contributed by atoms with Crippen LogP contribution in [0.4, 0.5) is 0 Å². The summed E-state index contributed by atoms with van der Waals surface area (Å²) in [4.78, 5) is 35.5. The number of amides is 2. The summed E-state index contributed by atoms with van der Waals surface area (Å²) >= 11 is 0. The van der Waals surface area contributed by atoms with E-state index in [0.717, 1.165) is 19.4 Å². The van der Waals surface area contributed by atoms with Gasteiger partial charge in [0.05, 0.1) is 12.1 Å². The molecule has 1 spiro atoms. The fourth-order valence-corrected chi connectivity index (χ4v) is 4.03. The molecule has 3 heterocycles. The minimum Gasteiger partial charge on any atom is -0.381 e. The van der Waals surface area contributed by atoms with E-state index < -0.39 is 0 Å². The Morgan fingerprint density at radius 2 is 2.08 bits per heavy atom. The highest BCUT2D eigenvalue weighted by atomic mass is 16.5. The van der Waals surface area contributed by atoms with Crippen LogP contribution in [0.5, 0.6) is 0 Å². The summed E-state index contributed by atoms with van der Waals surface area (Å²) in [5.74, 6) is 0.420. The van der Waals surface area contributed by atoms with Crippen molar-refractivity contribution in [2.24, 2.45) is 17.3 Å². The third-order valence-electron chi connectivity index (χ3n) is 5.78. The highest BCUT2D eigenvalue weighted by Gasteiger charge is 2.52. The molecule has 3 aliphatic rings. The topological polar surface area (TPSA) is 84.4 Å². The molecule has 25 heavy (non-hydrogen) atoms. The van der Waals surface area contributed by atoms with Crippen molar-refractivity contribution in [2.45, 2.75) is 25.7 Å². The van der Waals surface area contributed by atoms with Gasteiger partial charge in [-0.05, 0) is 31.6 Å². The average Bonchev–Trinajstić information content (AvgIpc) is 3.42. The van der Waals surface area contributed by atoms with E-state index in [-0.39, 0.29) is 23.1 Å². The molecule has 4 rings (SSSR count). The van der Waals surface area contributed by atoms with Crippen LogP contribution in [0.25, 0.3) is 0 Å². The number of hydrogen-bond acceptors (Lipinski definition) is 5. The van der Waals surface area contributed by atoms with Crippen LogP contribution in [0, 0.1) is 17.3 Å². The second-order valence-electron chi connectivity index (χ2n) is 7.49. The Balaban J connectivity index is 1.51. The number of aromatic nitrogens is 2. The van der Waals surface area contributed by atoms with E-state index in [1.54, 1.807) is 11.1 Å². The summed E-state index contributed by atoms with van der Waals surface area (Å²) in [6, 6.07) is 0. The lowest BCUT2D eigenvalue weighted by Crippen LogP contribution is -2.44. The van der Waals surface area contributed by atoms with Gasteiger partial charge in [0.25, 0.3) is 5.91 Å². The lowest BCUT2D eigenvalue weighted by Gasteiger charge is -2.37. The smallest absolute Gasteiger partial charge is 0.274 e. The molecule has 0 bridgehead atoms. The van der Waals surface area contributed by atoms with E-state index in [9.17, 15) is 9.59 Å². The summed E-state index contributed by atoms with van der Waals surface area (Å²) < 4.78 is 5.52. The molecule has 1 aromatic rings. The van der Waals surface area contributed by atoms with E-state index in [0.29, 0.717) is 37.9 Å². The molecule has 2 aliphatic heterocycles. The normalized spacial score (nSPS) is 25.1. The molecule has 0 unspecified atom stereocenters. The highest BCUT2D eigenvalue weighted by molar-refractivity contribution is 5.93. The van der Waals surface area contributed by atoms with Crippen molar-refractivity contribution >= 4 is 11.8 Å². The Hall–Kier alpha value is -2.02. The Kier molecular flexibility index (Phi) is 4.41. The van der Waals surface area contributed by atoms with Crippen molar-refractivity contribution in [2.75, 3.05) is 32.8 Å². The molecule has 1 aromatic heterocycles. The fourth-order valence-electron chi connectivity index (χ4n) is 4.03. The van der Waals surface area contributed by atoms with Crippen molar-refractivity contribution in [1.82, 2.24) is 20.2 Å². The quantitative estimate of drug-likeness (QED) is 0.876. The number of nitrogens with one attached hydrogen (secondary N) is 1. The number of rotatable bonds is 4. The maximum absolute atomic E-state index is 12.8. The Morgan fingerprint density at radius 3 is 2.76 bits per heavy atom. The number of ether oxygens (including phenoxy) is 1. The molecule has 7 nitrogen and oxygen atoms in total. The van der Waals surface area contributed by atoms with Gasteiger partial charge in [-0.25, -0.2) is 4.98 Å². The maximum Gasteiger partial charge on any atom is 0.274 e. The van der Waals surface area contributed by atoms with Crippen LogP contribution < -0.4 is 5.32 Å². The largest absolute Gasteiger partial charge is 0.381 e. The molecular weight excluding hydrogens is 320 g/mol. The Bertz CT molecular complexity index is 641. The van der Waals surface area contributed by atoms with E-state index in [1.165, 1.54) is 25.2 Å². The summed E-state index contributed by atoms with van der Waals surface area (Å²) in [5.41, 5.74) is 0.160. The van der Waals surface area contributed by atoms with Crippen LogP contribution >= 0.6 is 0 Å². The van der Waals surface area contributed by atoms with Gasteiger partial charge in [0.15, 0.2) is 0 Å². The molecule has 3 fully saturated rings. The van der Waals surface area contributed by atoms with Gasteiger partial charge in [-0.15, -0.1) is 0 Å². The number of nitrogens with zero attached hydrogens (tertiary/aromatic N) is 3. The van der Waals surface area contributed by atoms with Crippen LogP contribution in [0.3, 0.4) is 0 Å². The van der Waals surface area contributed by atoms with Crippen molar-refractivity contribution in [3.63, 3.8) is 0 Å². The second-order valence-corrected chi connectivity index (χ2v) is 7.49. The third kappa shape index (κ3) is 3.38. The average molecular weight is 344 g/mol. The molecule has 134 valence electrons. The van der Waals surface area contributed by atoms with Gasteiger partial charge in [0.1, 0.15) is 5.69 Å². The number of carbonyl (C=O) groups is 2. The minimum absolute atomic E-state index is 0.0863. The first-order valence-electron chi connectivity index (χ1n) is 9.09. The predicted octanol–water partition coefficient (Wildman–Crippen LogP) is 0.872. The monoisotopic (exact) mass is 344 g/mol. The molecule has 2 amide bonds. The molecule has 0 radical (unpaired) electrons. The lowest BCUT2D eigenvalue weighted by molar-refractivity contribution is -0.129. The fraction of sp³-hybridized carbons (Fsp3) is 0.667. The molecule has 1 aliphatic carbocycles. The molecule has 0 aromatic carbocycles. The third-order valence-corrected chi connectivity index (χ3v) is 5.78. The van der Waals surface area contributed by atoms with Gasteiger partial charge in [0.2, 0.25) is 5.91 Å². The summed E-state index contributed by atoms with van der Waals surface area (Å²) in [6.45, 7) is 3.11. The zero-order chi connectivity index (χ0) is 17.3. The van der Waals surface area contributed by atoms with Crippen LogP contribution in [0.15, 0.2) is 18.6 Å². The summed E-state index contributed by atoms with van der Waals surface area (Å²) in [6.07, 6.45) is 8.61. The second kappa shape index (κ2) is 6.71. The van der Waals surface area contributed by atoms with Crippen molar-refractivity contribution < 1.29 is 14.3 Å². The van der Waals surface area contributed by atoms with Crippen molar-refractivity contribution in [3.05, 3.63) is 24.3 Å². The molecule has 1 saturated carbocycles. The van der Waals surface area contributed by atoms with Gasteiger partial charge in [-0.1, -0.05) is 0 Å². The maximum atomic E-state index is 12.8. The van der Waals surface area contributed by atoms with Crippen LogP contribution in [0.2, 0.25) is 0 Å². The first-order valence-corrected chi connectivity index (χ1v) is 9.09. The summed E-state index contributed by atoms with van der Waals surface area (Å²) in [5, 5.41) is 3.11. The van der Waals surface area contributed by atoms with E-state index in [2.05, 4.69) is 15.3 Å². The zero-order valence-electron chi connectivity index (χ0n) is 14.3. The molecule has 1 N–H and O–H groups in total. The Morgan fingerprint density at radius 1 is 1.28 bits per heavy atom. The lowest BCUT2D eigenvalue weighted by atomic mass is 9.71. The highest BCUT2D eigenvalue weighted by Crippen LogP contribution is 2.44. The van der Waals surface area contributed by atoms with Crippen LogP contribution in [-0.4, -0.2) is 59.5 Å². The van der Waals surface area contributed by atoms with Gasteiger partial charge in [0, 0.05) is 50.7 Å². The minimum atomic E-state index is -0.177. The summed E-state index contributed by atoms with van der Waals surface area (Å²) in [7, 11) is 0. The van der Waals surface area contributed by atoms with E-state index >= 15 is 0 Å². The van der Waals surface area contributed by atoms with Gasteiger partial charge in [-0.2, -0.15) is 0 Å². The zero-order valence-corrected chi connectivity index (χ0v) is 14.3. The number of likely N-dealkylation sites (tertiary alicyclic amines) is 1. The number of carbonyl (C=O) groups excluding carboxylic acids is 2. The SMILES string of the molecule is O=C(NCC1CC1)[C@H]1CN(C(=O)c2cnccn2)CC12CCOCC2. The predicted molar refractivity (Wildman–Crippen MR) is 89.6 cm³/mol. The van der Waals surface area contributed by atoms with Crippen LogP contribution in [0.1, 0.15) is 36.2 Å². The van der Waals surface area contributed by atoms with E-state index in [1.807, 2.05) is 0 Å². The first kappa shape index (κ1) is 16.4. The van der Waals surface area contributed by atoms with Gasteiger partial charge < -0.3 is 15.0 Å². The van der Waals surface area contributed by atoms with Crippen molar-refractivity contribution in [1.29, 1.82) is 0 Å². The molecule has 2 saturated heterocycles. The first-order chi connectivity index (χ1) is 12.2. The molecular formula is C18H24N4O3. The van der Waals surface area contributed by atoms with Crippen LogP contribution in [-0.2, 0) is 9.53 Å². The molecule has 1 atom stereocenters. The van der Waals surface area contributed by atoms with Gasteiger partial charge in [-0.3, -0.25) is 14.6 Å². The van der Waals surface area contributed by atoms with E-state index in [4.69, 9.17) is 4.74 Å². The van der Waals surface area contributed by atoms with Crippen molar-refractivity contribution in [3.8, 4) is 0 Å². The Labute approximate surface area is 147 Å². The van der Waals surface area contributed by atoms with Gasteiger partial charge >= 0.3 is 0 Å². The standard InChI is InChI=1S/C18H24N4O3/c23-16(21-9-13-1-2-13)14-11-22(12-18(14)3-7-25-8-4-18)17(24)15-10-19-5-6-20-15/h5-6,10,13-14H,1-4,7-9,11-12H2,(H,21,23)/t14-/m1/s1. The molecule has 7 heteroatoms. The number of hydrogen-bond donors (Lipinski definition) is 1.